The highest BCUT2D eigenvalue weighted by Gasteiger charge is 2.33. The number of carbonyl (C=O) groups is 6. The lowest BCUT2D eigenvalue weighted by Crippen LogP contribution is -2.60. The van der Waals surface area contributed by atoms with E-state index in [1.807, 2.05) is 5.32 Å². The summed E-state index contributed by atoms with van der Waals surface area (Å²) in [5.41, 5.74) is 26.2. The summed E-state index contributed by atoms with van der Waals surface area (Å²) in [6.07, 6.45) is -2.50. The van der Waals surface area contributed by atoms with E-state index in [1.165, 1.54) is 6.92 Å². The number of guanidine groups is 1. The van der Waals surface area contributed by atoms with Gasteiger partial charge in [-0.3, -0.25) is 29.0 Å². The Morgan fingerprint density at radius 1 is 0.829 bits per heavy atom. The molecule has 0 aliphatic rings. The van der Waals surface area contributed by atoms with Crippen molar-refractivity contribution in [3.05, 3.63) is 0 Å². The van der Waals surface area contributed by atoms with Gasteiger partial charge in [-0.2, -0.15) is 0 Å². The highest BCUT2D eigenvalue weighted by molar-refractivity contribution is 5.97. The predicted octanol–water partition coefficient (Wildman–Crippen LogP) is -5.96. The quantitative estimate of drug-likeness (QED) is 0.0536. The number of primary amides is 2. The van der Waals surface area contributed by atoms with E-state index in [9.17, 15) is 33.9 Å². The van der Waals surface area contributed by atoms with Gasteiger partial charge in [0, 0.05) is 6.54 Å². The molecule has 0 aromatic heterocycles. The summed E-state index contributed by atoms with van der Waals surface area (Å²) < 4.78 is 0. The van der Waals surface area contributed by atoms with E-state index < -0.39 is 78.6 Å². The fourth-order valence-electron chi connectivity index (χ4n) is 2.66. The Hall–Kier alpha value is -3.99. The van der Waals surface area contributed by atoms with Crippen molar-refractivity contribution in [3.63, 3.8) is 0 Å². The monoisotopic (exact) mass is 503 g/mol. The number of rotatable bonds is 16. The van der Waals surface area contributed by atoms with Crippen molar-refractivity contribution < 1.29 is 39.0 Å². The number of carboxylic acid groups (broad SMARTS) is 1. The molecule has 0 aliphatic heterocycles. The first-order valence-electron chi connectivity index (χ1n) is 10.3. The summed E-state index contributed by atoms with van der Waals surface area (Å²) in [5, 5.41) is 25.4. The Balaban J connectivity index is 5.35. The molecule has 0 heterocycles. The van der Waals surface area contributed by atoms with Crippen LogP contribution in [-0.2, 0) is 28.8 Å². The maximum atomic E-state index is 12.7. The molecule has 0 fully saturated rings. The number of hydrogen-bond acceptors (Lipinski definition) is 9. The van der Waals surface area contributed by atoms with E-state index in [-0.39, 0.29) is 18.9 Å². The van der Waals surface area contributed by atoms with Crippen LogP contribution in [0.4, 0.5) is 0 Å². The molecule has 5 unspecified atom stereocenters. The average molecular weight is 504 g/mol. The van der Waals surface area contributed by atoms with Gasteiger partial charge in [0.2, 0.25) is 29.5 Å². The molecule has 5 amide bonds. The van der Waals surface area contributed by atoms with Crippen molar-refractivity contribution in [3.8, 4) is 0 Å². The van der Waals surface area contributed by atoms with Crippen molar-refractivity contribution in [2.75, 3.05) is 6.54 Å². The van der Waals surface area contributed by atoms with E-state index >= 15 is 0 Å². The molecule has 17 nitrogen and oxygen atoms in total. The fraction of sp³-hybridized carbons (Fsp3) is 0.611. The van der Waals surface area contributed by atoms with Crippen LogP contribution >= 0.6 is 0 Å². The van der Waals surface area contributed by atoms with Crippen molar-refractivity contribution in [1.82, 2.24) is 16.0 Å². The predicted molar refractivity (Wildman–Crippen MR) is 121 cm³/mol. The van der Waals surface area contributed by atoms with Crippen LogP contribution in [0.1, 0.15) is 32.6 Å². The first-order chi connectivity index (χ1) is 16.1. The van der Waals surface area contributed by atoms with Crippen LogP contribution in [-0.4, -0.2) is 88.5 Å². The standard InChI is InChI=1S/C18H33N9O8/c1-7(28)13(27-14(31)8(19)3-2-4-24-18(22)23)16(33)25-9(5-11(20)29)15(32)26-10(17(34)35)6-12(21)30/h7-10,13,28H,2-6,19H2,1H3,(H2,20,29)(H2,21,30)(H,25,33)(H,26,32)(H,27,31)(H,34,35)(H4,22,23,24). The number of aliphatic carboxylic acids is 1. The number of nitrogens with two attached hydrogens (primary N) is 5. The lowest BCUT2D eigenvalue weighted by molar-refractivity contribution is -0.144. The summed E-state index contributed by atoms with van der Waals surface area (Å²) in [4.78, 5) is 74.9. The summed E-state index contributed by atoms with van der Waals surface area (Å²) >= 11 is 0. The molecule has 0 aliphatic carbocycles. The van der Waals surface area contributed by atoms with E-state index in [0.29, 0.717) is 6.42 Å². The Bertz CT molecular complexity index is 829. The first kappa shape index (κ1) is 31.0. The third kappa shape index (κ3) is 12.7. The van der Waals surface area contributed by atoms with Gasteiger partial charge < -0.3 is 54.8 Å². The van der Waals surface area contributed by atoms with Crippen molar-refractivity contribution in [2.45, 2.75) is 62.9 Å². The van der Waals surface area contributed by atoms with Gasteiger partial charge in [0.05, 0.1) is 25.0 Å². The molecule has 0 radical (unpaired) electrons. The number of nitrogens with zero attached hydrogens (tertiary/aromatic N) is 1. The van der Waals surface area contributed by atoms with Crippen molar-refractivity contribution in [1.29, 1.82) is 0 Å². The highest BCUT2D eigenvalue weighted by Crippen LogP contribution is 2.02. The smallest absolute Gasteiger partial charge is 0.326 e. The van der Waals surface area contributed by atoms with Crippen LogP contribution in [0, 0.1) is 0 Å². The zero-order valence-corrected chi connectivity index (χ0v) is 19.1. The third-order valence-electron chi connectivity index (χ3n) is 4.43. The summed E-state index contributed by atoms with van der Waals surface area (Å²) in [6.45, 7) is 1.38. The number of nitrogens with one attached hydrogen (secondary N) is 3. The second-order valence-electron chi connectivity index (χ2n) is 7.58. The van der Waals surface area contributed by atoms with Crippen molar-refractivity contribution in [2.24, 2.45) is 33.7 Å². The molecule has 0 saturated heterocycles. The molecule has 0 bridgehead atoms. The molecule has 15 N–H and O–H groups in total. The van der Waals surface area contributed by atoms with E-state index in [0.717, 1.165) is 0 Å². The largest absolute Gasteiger partial charge is 0.480 e. The molecule has 0 rings (SSSR count). The summed E-state index contributed by atoms with van der Waals surface area (Å²) in [6, 6.07) is -6.12. The molecular weight excluding hydrogens is 470 g/mol. The van der Waals surface area contributed by atoms with Gasteiger partial charge in [-0.05, 0) is 19.8 Å². The number of amides is 5. The zero-order valence-electron chi connectivity index (χ0n) is 19.1. The van der Waals surface area contributed by atoms with Gasteiger partial charge in [-0.15, -0.1) is 0 Å². The van der Waals surface area contributed by atoms with Gasteiger partial charge >= 0.3 is 5.97 Å². The van der Waals surface area contributed by atoms with Crippen LogP contribution in [0.15, 0.2) is 4.99 Å². The van der Waals surface area contributed by atoms with E-state index in [2.05, 4.69) is 15.6 Å². The fourth-order valence-corrected chi connectivity index (χ4v) is 2.66. The minimum Gasteiger partial charge on any atom is -0.480 e. The van der Waals surface area contributed by atoms with Crippen LogP contribution in [0.25, 0.3) is 0 Å². The van der Waals surface area contributed by atoms with Crippen molar-refractivity contribution >= 4 is 41.5 Å². The molecule has 0 saturated carbocycles. The number of aliphatic imine (C=N–C) groups is 1. The highest BCUT2D eigenvalue weighted by atomic mass is 16.4. The van der Waals surface area contributed by atoms with Crippen LogP contribution in [0.2, 0.25) is 0 Å². The Morgan fingerprint density at radius 3 is 1.80 bits per heavy atom. The number of aliphatic hydroxyl groups excluding tert-OH is 1. The maximum absolute atomic E-state index is 12.7. The number of aliphatic hydroxyl groups is 1. The normalized spacial score (nSPS) is 14.8. The second kappa shape index (κ2) is 15.0. The molecular formula is C18H33N9O8. The Labute approximate surface area is 200 Å². The SMILES string of the molecule is CC(O)C(NC(=O)C(N)CCCN=C(N)N)C(=O)NC(CC(N)=O)C(=O)NC(CC(N)=O)C(=O)O. The molecule has 0 aromatic rings. The van der Waals surface area contributed by atoms with E-state index in [4.69, 9.17) is 33.8 Å². The van der Waals surface area contributed by atoms with Crippen LogP contribution < -0.4 is 44.6 Å². The minimum absolute atomic E-state index is 0.132. The molecule has 0 spiro atoms. The Morgan fingerprint density at radius 2 is 1.34 bits per heavy atom. The summed E-state index contributed by atoms with van der Waals surface area (Å²) in [7, 11) is 0. The average Bonchev–Trinajstić information content (AvgIpc) is 2.72. The van der Waals surface area contributed by atoms with Crippen LogP contribution in [0.5, 0.6) is 0 Å². The number of carboxylic acids is 1. The van der Waals surface area contributed by atoms with Gasteiger partial charge in [0.1, 0.15) is 18.1 Å². The Kier molecular flexibility index (Phi) is 13.3. The number of carbonyl (C=O) groups excluding carboxylic acids is 5. The zero-order chi connectivity index (χ0) is 27.3. The van der Waals surface area contributed by atoms with E-state index in [1.54, 1.807) is 0 Å². The van der Waals surface area contributed by atoms with Crippen LogP contribution in [0.3, 0.4) is 0 Å². The number of hydrogen-bond donors (Lipinski definition) is 10. The lowest BCUT2D eigenvalue weighted by Gasteiger charge is -2.26. The third-order valence-corrected chi connectivity index (χ3v) is 4.43. The lowest BCUT2D eigenvalue weighted by atomic mass is 10.1. The first-order valence-corrected chi connectivity index (χ1v) is 10.3. The van der Waals surface area contributed by atoms with Gasteiger partial charge in [-0.25, -0.2) is 4.79 Å². The topological polar surface area (TPSA) is 321 Å². The summed E-state index contributed by atoms with van der Waals surface area (Å²) in [5.74, 6) is -6.86. The van der Waals surface area contributed by atoms with Gasteiger partial charge in [0.15, 0.2) is 5.96 Å². The molecule has 5 atom stereocenters. The molecule has 198 valence electrons. The van der Waals surface area contributed by atoms with Gasteiger partial charge in [0.25, 0.3) is 0 Å². The maximum Gasteiger partial charge on any atom is 0.326 e. The van der Waals surface area contributed by atoms with Gasteiger partial charge in [-0.1, -0.05) is 0 Å². The molecule has 17 heteroatoms. The molecule has 0 aromatic carbocycles. The molecule has 35 heavy (non-hydrogen) atoms. The minimum atomic E-state index is -1.74. The second-order valence-corrected chi connectivity index (χ2v) is 7.58.